The molecule has 1 N–H and O–H groups in total. The number of carbonyl (C=O) groups is 1. The maximum atomic E-state index is 12.9. The Bertz CT molecular complexity index is 1090. The average Bonchev–Trinajstić information content (AvgIpc) is 2.72. The molecular formula is C23H19N3O. The van der Waals surface area contributed by atoms with Crippen molar-refractivity contribution in [2.75, 3.05) is 0 Å². The van der Waals surface area contributed by atoms with Gasteiger partial charge >= 0.3 is 0 Å². The lowest BCUT2D eigenvalue weighted by Gasteiger charge is -2.10. The average molecular weight is 353 g/mol. The summed E-state index contributed by atoms with van der Waals surface area (Å²) >= 11 is 0. The van der Waals surface area contributed by atoms with Crippen molar-refractivity contribution < 1.29 is 4.79 Å². The lowest BCUT2D eigenvalue weighted by Crippen LogP contribution is -2.24. The third kappa shape index (κ3) is 3.70. The van der Waals surface area contributed by atoms with Crippen LogP contribution in [-0.4, -0.2) is 15.9 Å². The van der Waals surface area contributed by atoms with Gasteiger partial charge in [-0.05, 0) is 18.6 Å². The molecule has 0 aliphatic heterocycles. The number of fused-ring (bicyclic) bond motifs is 1. The van der Waals surface area contributed by atoms with E-state index in [0.29, 0.717) is 18.1 Å². The van der Waals surface area contributed by atoms with E-state index in [1.54, 1.807) is 0 Å². The quantitative estimate of drug-likeness (QED) is 0.586. The number of aryl methyl sites for hydroxylation is 1. The summed E-state index contributed by atoms with van der Waals surface area (Å²) in [6.07, 6.45) is 0. The number of aromatic nitrogens is 2. The lowest BCUT2D eigenvalue weighted by atomic mass is 10.1. The van der Waals surface area contributed by atoms with Gasteiger partial charge in [-0.15, -0.1) is 0 Å². The van der Waals surface area contributed by atoms with Gasteiger partial charge in [0.2, 0.25) is 0 Å². The Morgan fingerprint density at radius 1 is 0.852 bits per heavy atom. The third-order valence-electron chi connectivity index (χ3n) is 4.42. The number of hydrogen-bond donors (Lipinski definition) is 1. The first-order chi connectivity index (χ1) is 13.2. The van der Waals surface area contributed by atoms with E-state index in [4.69, 9.17) is 0 Å². The maximum absolute atomic E-state index is 12.9. The second kappa shape index (κ2) is 7.38. The number of para-hydroxylation sites is 1. The number of hydrogen-bond acceptors (Lipinski definition) is 3. The van der Waals surface area contributed by atoms with Crippen LogP contribution < -0.4 is 5.32 Å². The molecule has 4 heteroatoms. The maximum Gasteiger partial charge on any atom is 0.270 e. The highest BCUT2D eigenvalue weighted by Crippen LogP contribution is 2.22. The minimum atomic E-state index is -0.203. The Hall–Kier alpha value is -3.53. The van der Waals surface area contributed by atoms with Crippen molar-refractivity contribution >= 4 is 16.8 Å². The van der Waals surface area contributed by atoms with Crippen molar-refractivity contribution in [2.24, 2.45) is 0 Å². The van der Waals surface area contributed by atoms with E-state index in [9.17, 15) is 4.79 Å². The highest BCUT2D eigenvalue weighted by Gasteiger charge is 2.15. The number of amides is 1. The number of rotatable bonds is 4. The predicted molar refractivity (Wildman–Crippen MR) is 107 cm³/mol. The molecule has 0 aliphatic rings. The van der Waals surface area contributed by atoms with Crippen molar-refractivity contribution in [3.05, 3.63) is 95.7 Å². The molecule has 4 aromatic rings. The van der Waals surface area contributed by atoms with Crippen molar-refractivity contribution in [1.82, 2.24) is 15.3 Å². The van der Waals surface area contributed by atoms with Gasteiger partial charge in [-0.25, -0.2) is 9.97 Å². The normalized spacial score (nSPS) is 10.7. The minimum absolute atomic E-state index is 0.203. The molecule has 3 aromatic carbocycles. The molecule has 0 saturated heterocycles. The van der Waals surface area contributed by atoms with E-state index < -0.39 is 0 Å². The van der Waals surface area contributed by atoms with Crippen molar-refractivity contribution in [1.29, 1.82) is 0 Å². The van der Waals surface area contributed by atoms with Gasteiger partial charge in [0.05, 0.1) is 5.52 Å². The highest BCUT2D eigenvalue weighted by molar-refractivity contribution is 6.04. The van der Waals surface area contributed by atoms with Gasteiger partial charge in [-0.3, -0.25) is 4.79 Å². The van der Waals surface area contributed by atoms with Gasteiger partial charge in [-0.2, -0.15) is 0 Å². The number of carbonyl (C=O) groups excluding carboxylic acids is 1. The molecule has 1 amide bonds. The van der Waals surface area contributed by atoms with Crippen LogP contribution in [0, 0.1) is 6.92 Å². The molecule has 4 nitrogen and oxygen atoms in total. The van der Waals surface area contributed by atoms with Crippen LogP contribution in [0.4, 0.5) is 0 Å². The standard InChI is InChI=1S/C23H19N3O/c1-16-11-13-18(14-12-16)22-25-20-10-6-5-9-19(20)21(26-22)23(27)24-15-17-7-3-2-4-8-17/h2-14H,15H2,1H3,(H,24,27). The van der Waals surface area contributed by atoms with Gasteiger partial charge in [0.15, 0.2) is 5.82 Å². The van der Waals surface area contributed by atoms with E-state index in [1.807, 2.05) is 85.8 Å². The summed E-state index contributed by atoms with van der Waals surface area (Å²) < 4.78 is 0. The number of nitrogens with one attached hydrogen (secondary N) is 1. The fourth-order valence-electron chi connectivity index (χ4n) is 2.94. The Morgan fingerprint density at radius 2 is 1.56 bits per heavy atom. The summed E-state index contributed by atoms with van der Waals surface area (Å²) in [6.45, 7) is 2.49. The van der Waals surface area contributed by atoms with Crippen LogP contribution in [0.2, 0.25) is 0 Å². The van der Waals surface area contributed by atoms with Crippen LogP contribution in [0.3, 0.4) is 0 Å². The zero-order valence-corrected chi connectivity index (χ0v) is 15.0. The van der Waals surface area contributed by atoms with Gasteiger partial charge < -0.3 is 5.32 Å². The second-order valence-corrected chi connectivity index (χ2v) is 6.45. The topological polar surface area (TPSA) is 54.9 Å². The molecule has 27 heavy (non-hydrogen) atoms. The van der Waals surface area contributed by atoms with Crippen LogP contribution in [0.1, 0.15) is 21.6 Å². The molecule has 0 saturated carbocycles. The van der Waals surface area contributed by atoms with E-state index >= 15 is 0 Å². The SMILES string of the molecule is Cc1ccc(-c2nc(C(=O)NCc3ccccc3)c3ccccc3n2)cc1. The van der Waals surface area contributed by atoms with E-state index in [2.05, 4.69) is 15.3 Å². The zero-order valence-electron chi connectivity index (χ0n) is 15.0. The van der Waals surface area contributed by atoms with E-state index in [0.717, 1.165) is 22.0 Å². The molecule has 0 radical (unpaired) electrons. The van der Waals surface area contributed by atoms with Crippen LogP contribution in [0.5, 0.6) is 0 Å². The molecule has 0 bridgehead atoms. The fraction of sp³-hybridized carbons (Fsp3) is 0.0870. The monoisotopic (exact) mass is 353 g/mol. The first-order valence-electron chi connectivity index (χ1n) is 8.87. The smallest absolute Gasteiger partial charge is 0.270 e. The van der Waals surface area contributed by atoms with E-state index in [-0.39, 0.29) is 5.91 Å². The van der Waals surface area contributed by atoms with E-state index in [1.165, 1.54) is 5.56 Å². The largest absolute Gasteiger partial charge is 0.347 e. The third-order valence-corrected chi connectivity index (χ3v) is 4.42. The number of benzene rings is 3. The summed E-state index contributed by atoms with van der Waals surface area (Å²) in [6, 6.07) is 25.4. The molecule has 0 aliphatic carbocycles. The van der Waals surface area contributed by atoms with Crippen LogP contribution >= 0.6 is 0 Å². The molecule has 0 unspecified atom stereocenters. The van der Waals surface area contributed by atoms with Crippen LogP contribution in [-0.2, 0) is 6.54 Å². The Kier molecular flexibility index (Phi) is 4.62. The van der Waals surface area contributed by atoms with Gasteiger partial charge in [0, 0.05) is 17.5 Å². The molecule has 1 aromatic heterocycles. The molecule has 4 rings (SSSR count). The first kappa shape index (κ1) is 16.9. The summed E-state index contributed by atoms with van der Waals surface area (Å²) in [5.41, 5.74) is 4.26. The zero-order chi connectivity index (χ0) is 18.6. The molecular weight excluding hydrogens is 334 g/mol. The predicted octanol–water partition coefficient (Wildman–Crippen LogP) is 4.54. The Labute approximate surface area is 157 Å². The Balaban J connectivity index is 1.72. The van der Waals surface area contributed by atoms with Crippen LogP contribution in [0.15, 0.2) is 78.9 Å². The molecule has 132 valence electrons. The fourth-order valence-corrected chi connectivity index (χ4v) is 2.94. The minimum Gasteiger partial charge on any atom is -0.347 e. The lowest BCUT2D eigenvalue weighted by molar-refractivity contribution is 0.0947. The Morgan fingerprint density at radius 3 is 2.33 bits per heavy atom. The first-order valence-corrected chi connectivity index (χ1v) is 8.87. The van der Waals surface area contributed by atoms with Crippen LogP contribution in [0.25, 0.3) is 22.3 Å². The van der Waals surface area contributed by atoms with Gasteiger partial charge in [0.1, 0.15) is 5.69 Å². The van der Waals surface area contributed by atoms with Crippen molar-refractivity contribution in [2.45, 2.75) is 13.5 Å². The van der Waals surface area contributed by atoms with Gasteiger partial charge in [0.25, 0.3) is 5.91 Å². The van der Waals surface area contributed by atoms with Crippen molar-refractivity contribution in [3.8, 4) is 11.4 Å². The van der Waals surface area contributed by atoms with Crippen molar-refractivity contribution in [3.63, 3.8) is 0 Å². The van der Waals surface area contributed by atoms with Gasteiger partial charge in [-0.1, -0.05) is 78.4 Å². The summed E-state index contributed by atoms with van der Waals surface area (Å²) in [5.74, 6) is 0.351. The number of nitrogens with zero attached hydrogens (tertiary/aromatic N) is 2. The summed E-state index contributed by atoms with van der Waals surface area (Å²) in [4.78, 5) is 22.1. The molecule has 0 atom stereocenters. The summed E-state index contributed by atoms with van der Waals surface area (Å²) in [5, 5.41) is 3.71. The molecule has 0 fully saturated rings. The second-order valence-electron chi connectivity index (χ2n) is 6.45. The molecule has 0 spiro atoms. The highest BCUT2D eigenvalue weighted by atomic mass is 16.1. The summed E-state index contributed by atoms with van der Waals surface area (Å²) in [7, 11) is 0. The molecule has 1 heterocycles.